The number of amides is 1. The molecule has 29 heavy (non-hydrogen) atoms. The van der Waals surface area contributed by atoms with E-state index < -0.39 is 0 Å². The zero-order chi connectivity index (χ0) is 20.0. The predicted octanol–water partition coefficient (Wildman–Crippen LogP) is 4.08. The van der Waals surface area contributed by atoms with Gasteiger partial charge in [-0.15, -0.1) is 11.3 Å². The molecule has 4 aromatic heterocycles. The van der Waals surface area contributed by atoms with Crippen LogP contribution in [0.4, 0.5) is 0 Å². The number of hydrogen-bond acceptors (Lipinski definition) is 6. The van der Waals surface area contributed by atoms with Gasteiger partial charge in [-0.3, -0.25) is 4.79 Å². The summed E-state index contributed by atoms with van der Waals surface area (Å²) in [6.07, 6.45) is 3.76. The molecule has 7 nitrogen and oxygen atoms in total. The summed E-state index contributed by atoms with van der Waals surface area (Å²) in [5, 5.41) is 10.7. The second-order valence-electron chi connectivity index (χ2n) is 7.51. The number of rotatable bonds is 3. The van der Waals surface area contributed by atoms with Crippen molar-refractivity contribution in [1.82, 2.24) is 24.7 Å². The van der Waals surface area contributed by atoms with Crippen molar-refractivity contribution < 1.29 is 9.32 Å². The average Bonchev–Trinajstić information content (AvgIpc) is 3.46. The van der Waals surface area contributed by atoms with Crippen molar-refractivity contribution in [3.63, 3.8) is 0 Å². The van der Waals surface area contributed by atoms with Gasteiger partial charge in [-0.2, -0.15) is 5.10 Å². The molecule has 1 fully saturated rings. The summed E-state index contributed by atoms with van der Waals surface area (Å²) in [5.41, 5.74) is 4.45. The van der Waals surface area contributed by atoms with E-state index in [1.807, 2.05) is 59.1 Å². The lowest BCUT2D eigenvalue weighted by atomic mass is 9.91. The number of thiophene rings is 1. The number of fused-ring (bicyclic) bond motifs is 1. The van der Waals surface area contributed by atoms with E-state index in [2.05, 4.69) is 10.1 Å². The van der Waals surface area contributed by atoms with Crippen molar-refractivity contribution in [2.45, 2.75) is 32.6 Å². The van der Waals surface area contributed by atoms with Crippen LogP contribution in [0.5, 0.6) is 0 Å². The molecule has 1 atom stereocenters. The number of likely N-dealkylation sites (tertiary alicyclic amines) is 1. The molecule has 0 radical (unpaired) electrons. The van der Waals surface area contributed by atoms with Gasteiger partial charge in [-0.05, 0) is 38.1 Å². The van der Waals surface area contributed by atoms with E-state index in [0.717, 1.165) is 52.6 Å². The fraction of sp³-hybridized carbons (Fsp3) is 0.333. The van der Waals surface area contributed by atoms with E-state index >= 15 is 0 Å². The van der Waals surface area contributed by atoms with Gasteiger partial charge in [0.1, 0.15) is 0 Å². The van der Waals surface area contributed by atoms with Crippen molar-refractivity contribution in [2.75, 3.05) is 13.1 Å². The molecule has 4 aromatic rings. The third-order valence-corrected chi connectivity index (χ3v) is 6.22. The summed E-state index contributed by atoms with van der Waals surface area (Å²) < 4.78 is 7.47. The van der Waals surface area contributed by atoms with E-state index in [1.165, 1.54) is 11.3 Å². The largest absolute Gasteiger partial charge is 0.356 e. The quantitative estimate of drug-likeness (QED) is 0.511. The van der Waals surface area contributed by atoms with Crippen LogP contribution in [-0.4, -0.2) is 43.7 Å². The molecule has 148 valence electrons. The highest BCUT2D eigenvalue weighted by atomic mass is 32.1. The SMILES string of the molecule is Cc1cc(-c2cnc3cc(C)nn3c2[C@@H]2CCCN(C(=O)c3cccs3)C2)on1. The first-order valence-electron chi connectivity index (χ1n) is 9.72. The maximum atomic E-state index is 12.9. The number of aromatic nitrogens is 4. The standard InChI is InChI=1S/C21H21N5O2S/c1-13-10-19-22-11-16(17-9-14(2)24-28-17)20(26(19)23-13)15-5-3-7-25(12-15)21(27)18-6-4-8-29-18/h4,6,8-11,15H,3,5,7,12H2,1-2H3/t15-/m1/s1. The van der Waals surface area contributed by atoms with Crippen LogP contribution in [0.3, 0.4) is 0 Å². The second kappa shape index (κ2) is 7.11. The van der Waals surface area contributed by atoms with Crippen LogP contribution in [0.25, 0.3) is 17.0 Å². The highest BCUT2D eigenvalue weighted by Crippen LogP contribution is 2.35. The van der Waals surface area contributed by atoms with Gasteiger partial charge in [0.05, 0.1) is 27.5 Å². The van der Waals surface area contributed by atoms with Crippen LogP contribution in [0.1, 0.15) is 45.5 Å². The zero-order valence-electron chi connectivity index (χ0n) is 16.3. The van der Waals surface area contributed by atoms with Gasteiger partial charge < -0.3 is 9.42 Å². The molecule has 8 heteroatoms. The van der Waals surface area contributed by atoms with Crippen LogP contribution in [0.15, 0.2) is 40.4 Å². The number of hydrogen-bond donors (Lipinski definition) is 0. The van der Waals surface area contributed by atoms with Gasteiger partial charge >= 0.3 is 0 Å². The Balaban J connectivity index is 1.58. The van der Waals surface area contributed by atoms with Crippen LogP contribution in [-0.2, 0) is 0 Å². The van der Waals surface area contributed by atoms with E-state index in [4.69, 9.17) is 9.62 Å². The van der Waals surface area contributed by atoms with Crippen molar-refractivity contribution in [2.24, 2.45) is 0 Å². The van der Waals surface area contributed by atoms with Crippen molar-refractivity contribution in [3.8, 4) is 11.3 Å². The normalized spacial score (nSPS) is 17.2. The van der Waals surface area contributed by atoms with Crippen molar-refractivity contribution >= 4 is 22.9 Å². The number of piperidine rings is 1. The molecule has 5 heterocycles. The Bertz CT molecular complexity index is 1180. The van der Waals surface area contributed by atoms with Gasteiger partial charge in [-0.25, -0.2) is 9.50 Å². The van der Waals surface area contributed by atoms with Crippen LogP contribution in [0.2, 0.25) is 0 Å². The maximum absolute atomic E-state index is 12.9. The summed E-state index contributed by atoms with van der Waals surface area (Å²) >= 11 is 1.49. The second-order valence-corrected chi connectivity index (χ2v) is 8.46. The molecule has 0 saturated carbocycles. The molecule has 0 bridgehead atoms. The van der Waals surface area contributed by atoms with Crippen LogP contribution in [0, 0.1) is 13.8 Å². The van der Waals surface area contributed by atoms with E-state index in [9.17, 15) is 4.79 Å². The molecule has 0 aliphatic carbocycles. The molecule has 0 unspecified atom stereocenters. The Labute approximate surface area is 172 Å². The number of nitrogens with zero attached hydrogens (tertiary/aromatic N) is 5. The Morgan fingerprint density at radius 3 is 2.93 bits per heavy atom. The lowest BCUT2D eigenvalue weighted by Crippen LogP contribution is -2.39. The average molecular weight is 407 g/mol. The number of carbonyl (C=O) groups excluding carboxylic acids is 1. The smallest absolute Gasteiger partial charge is 0.263 e. The summed E-state index contributed by atoms with van der Waals surface area (Å²) in [6, 6.07) is 7.69. The van der Waals surface area contributed by atoms with Gasteiger partial charge in [0.25, 0.3) is 5.91 Å². The summed E-state index contributed by atoms with van der Waals surface area (Å²) in [6.45, 7) is 5.29. The number of carbonyl (C=O) groups is 1. The minimum Gasteiger partial charge on any atom is -0.356 e. The maximum Gasteiger partial charge on any atom is 0.263 e. The van der Waals surface area contributed by atoms with Gasteiger partial charge in [0, 0.05) is 37.3 Å². The summed E-state index contributed by atoms with van der Waals surface area (Å²) in [4.78, 5) is 20.2. The highest BCUT2D eigenvalue weighted by Gasteiger charge is 2.30. The molecule has 1 amide bonds. The molecular formula is C21H21N5O2S. The van der Waals surface area contributed by atoms with Crippen LogP contribution >= 0.6 is 11.3 Å². The van der Waals surface area contributed by atoms with E-state index in [1.54, 1.807) is 0 Å². The number of aryl methyl sites for hydroxylation is 2. The van der Waals surface area contributed by atoms with E-state index in [0.29, 0.717) is 12.3 Å². The molecule has 1 aliphatic heterocycles. The molecule has 0 aromatic carbocycles. The first kappa shape index (κ1) is 18.1. The summed E-state index contributed by atoms with van der Waals surface area (Å²) in [7, 11) is 0. The van der Waals surface area contributed by atoms with E-state index in [-0.39, 0.29) is 11.8 Å². The minimum absolute atomic E-state index is 0.101. The molecule has 5 rings (SSSR count). The Kier molecular flexibility index (Phi) is 4.43. The van der Waals surface area contributed by atoms with Gasteiger partial charge in [-0.1, -0.05) is 11.2 Å². The predicted molar refractivity (Wildman–Crippen MR) is 110 cm³/mol. The van der Waals surface area contributed by atoms with Gasteiger partial charge in [0.15, 0.2) is 11.4 Å². The topological polar surface area (TPSA) is 76.5 Å². The zero-order valence-corrected chi connectivity index (χ0v) is 17.1. The molecule has 0 spiro atoms. The Hall–Kier alpha value is -3.00. The van der Waals surface area contributed by atoms with Gasteiger partial charge in [0.2, 0.25) is 0 Å². The lowest BCUT2D eigenvalue weighted by molar-refractivity contribution is 0.0710. The van der Waals surface area contributed by atoms with Crippen molar-refractivity contribution in [1.29, 1.82) is 0 Å². The fourth-order valence-electron chi connectivity index (χ4n) is 4.08. The Morgan fingerprint density at radius 2 is 2.17 bits per heavy atom. The third kappa shape index (κ3) is 3.23. The first-order chi connectivity index (χ1) is 14.1. The monoisotopic (exact) mass is 407 g/mol. The fourth-order valence-corrected chi connectivity index (χ4v) is 4.77. The van der Waals surface area contributed by atoms with Crippen molar-refractivity contribution in [3.05, 3.63) is 57.8 Å². The molecular weight excluding hydrogens is 386 g/mol. The first-order valence-corrected chi connectivity index (χ1v) is 10.6. The molecule has 1 aliphatic rings. The van der Waals surface area contributed by atoms with Crippen LogP contribution < -0.4 is 0 Å². The highest BCUT2D eigenvalue weighted by molar-refractivity contribution is 7.12. The molecule has 0 N–H and O–H groups in total. The summed E-state index contributed by atoms with van der Waals surface area (Å²) in [5.74, 6) is 0.920. The Morgan fingerprint density at radius 1 is 1.28 bits per heavy atom. The lowest BCUT2D eigenvalue weighted by Gasteiger charge is -2.33. The third-order valence-electron chi connectivity index (χ3n) is 5.36. The molecule has 1 saturated heterocycles. The minimum atomic E-state index is 0.101.